The highest BCUT2D eigenvalue weighted by Gasteiger charge is 2.34. The molecule has 0 radical (unpaired) electrons. The van der Waals surface area contributed by atoms with Crippen LogP contribution >= 0.6 is 0 Å². The minimum atomic E-state index is -4.01. The van der Waals surface area contributed by atoms with Gasteiger partial charge in [0.05, 0.1) is 5.92 Å². The molecule has 0 N–H and O–H groups in total. The second kappa shape index (κ2) is 4.35. The molecule has 0 amide bonds. The van der Waals surface area contributed by atoms with E-state index in [0.29, 0.717) is 12.8 Å². The van der Waals surface area contributed by atoms with Gasteiger partial charge in [-0.3, -0.25) is 4.79 Å². The SMILES string of the molecule is O=C(OS(=O)(=O)c1ccc2ccccc2c1)C1CC1. The topological polar surface area (TPSA) is 60.4 Å². The van der Waals surface area contributed by atoms with Gasteiger partial charge in [-0.2, -0.15) is 8.42 Å². The average Bonchev–Trinajstić information content (AvgIpc) is 3.22. The Hall–Kier alpha value is -1.88. The standard InChI is InChI=1S/C14H12O4S/c15-14(11-5-6-11)18-19(16,17)13-8-7-10-3-1-2-4-12(10)9-13/h1-4,7-9,11H,5-6H2. The third-order valence-electron chi connectivity index (χ3n) is 3.11. The van der Waals surface area contributed by atoms with Crippen molar-refractivity contribution in [1.82, 2.24) is 0 Å². The lowest BCUT2D eigenvalue weighted by molar-refractivity contribution is -0.135. The maximum Gasteiger partial charge on any atom is 0.341 e. The van der Waals surface area contributed by atoms with Gasteiger partial charge in [0.25, 0.3) is 0 Å². The summed E-state index contributed by atoms with van der Waals surface area (Å²) in [5.74, 6) is -0.886. The molecule has 2 aromatic carbocycles. The van der Waals surface area contributed by atoms with Crippen LogP contribution in [-0.4, -0.2) is 14.4 Å². The Morgan fingerprint density at radius 3 is 2.42 bits per heavy atom. The van der Waals surface area contributed by atoms with Crippen molar-refractivity contribution in [1.29, 1.82) is 0 Å². The molecule has 1 saturated carbocycles. The van der Waals surface area contributed by atoms with Crippen LogP contribution < -0.4 is 0 Å². The molecule has 3 rings (SSSR count). The van der Waals surface area contributed by atoms with E-state index in [4.69, 9.17) is 0 Å². The average molecular weight is 276 g/mol. The largest absolute Gasteiger partial charge is 0.342 e. The fourth-order valence-electron chi connectivity index (χ4n) is 1.87. The number of carbonyl (C=O) groups excluding carboxylic acids is 1. The van der Waals surface area contributed by atoms with Crippen LogP contribution in [0, 0.1) is 5.92 Å². The molecule has 0 aromatic heterocycles. The van der Waals surface area contributed by atoms with Crippen molar-refractivity contribution in [2.75, 3.05) is 0 Å². The number of hydrogen-bond donors (Lipinski definition) is 0. The second-order valence-corrected chi connectivity index (χ2v) is 6.19. The Balaban J connectivity index is 1.95. The van der Waals surface area contributed by atoms with Crippen LogP contribution in [-0.2, 0) is 19.1 Å². The van der Waals surface area contributed by atoms with Gasteiger partial charge in [0, 0.05) is 0 Å². The number of benzene rings is 2. The molecule has 0 saturated heterocycles. The number of hydrogen-bond acceptors (Lipinski definition) is 4. The fraction of sp³-hybridized carbons (Fsp3) is 0.214. The maximum absolute atomic E-state index is 12.0. The maximum atomic E-state index is 12.0. The Bertz CT molecular complexity index is 745. The van der Waals surface area contributed by atoms with Crippen molar-refractivity contribution >= 4 is 26.9 Å². The molecule has 0 unspecified atom stereocenters. The van der Waals surface area contributed by atoms with Crippen LogP contribution in [0.25, 0.3) is 10.8 Å². The highest BCUT2D eigenvalue weighted by Crippen LogP contribution is 2.31. The molecular formula is C14H12O4S. The molecule has 1 fully saturated rings. The van der Waals surface area contributed by atoms with Crippen molar-refractivity contribution in [2.45, 2.75) is 17.7 Å². The van der Waals surface area contributed by atoms with Gasteiger partial charge in [0.2, 0.25) is 0 Å². The van der Waals surface area contributed by atoms with E-state index in [0.717, 1.165) is 10.8 Å². The Labute approximate surface area is 111 Å². The first-order valence-corrected chi connectivity index (χ1v) is 7.44. The lowest BCUT2D eigenvalue weighted by Gasteiger charge is -2.06. The van der Waals surface area contributed by atoms with E-state index in [1.807, 2.05) is 24.3 Å². The normalized spacial score (nSPS) is 15.4. The first-order valence-electron chi connectivity index (χ1n) is 6.03. The molecule has 0 bridgehead atoms. The predicted octanol–water partition coefficient (Wildman–Crippen LogP) is 2.48. The van der Waals surface area contributed by atoms with Crippen molar-refractivity contribution in [3.05, 3.63) is 42.5 Å². The van der Waals surface area contributed by atoms with E-state index in [2.05, 4.69) is 4.18 Å². The zero-order valence-corrected chi connectivity index (χ0v) is 10.9. The van der Waals surface area contributed by atoms with Crippen LogP contribution in [0.4, 0.5) is 0 Å². The Morgan fingerprint density at radius 1 is 1.05 bits per heavy atom. The molecule has 4 nitrogen and oxygen atoms in total. The molecule has 5 heteroatoms. The third kappa shape index (κ3) is 2.46. The van der Waals surface area contributed by atoms with E-state index < -0.39 is 16.1 Å². The van der Waals surface area contributed by atoms with Crippen LogP contribution in [0.5, 0.6) is 0 Å². The summed E-state index contributed by atoms with van der Waals surface area (Å²) in [6.45, 7) is 0. The van der Waals surface area contributed by atoms with E-state index in [9.17, 15) is 13.2 Å². The fourth-order valence-corrected chi connectivity index (χ4v) is 2.82. The second-order valence-electron chi connectivity index (χ2n) is 4.64. The summed E-state index contributed by atoms with van der Waals surface area (Å²) in [5, 5.41) is 1.74. The first-order chi connectivity index (χ1) is 9.06. The monoisotopic (exact) mass is 276 g/mol. The molecule has 2 aromatic rings. The third-order valence-corrected chi connectivity index (χ3v) is 4.33. The zero-order valence-electron chi connectivity index (χ0n) is 10.1. The first kappa shape index (κ1) is 12.2. The summed E-state index contributed by atoms with van der Waals surface area (Å²) < 4.78 is 28.6. The van der Waals surface area contributed by atoms with Crippen molar-refractivity contribution in [3.63, 3.8) is 0 Å². The van der Waals surface area contributed by atoms with E-state index in [-0.39, 0.29) is 10.8 Å². The molecule has 19 heavy (non-hydrogen) atoms. The number of carbonyl (C=O) groups is 1. The van der Waals surface area contributed by atoms with Crippen LogP contribution in [0.3, 0.4) is 0 Å². The van der Waals surface area contributed by atoms with E-state index >= 15 is 0 Å². The van der Waals surface area contributed by atoms with E-state index in [1.165, 1.54) is 12.1 Å². The minimum Gasteiger partial charge on any atom is -0.342 e. The number of fused-ring (bicyclic) bond motifs is 1. The van der Waals surface area contributed by atoms with Gasteiger partial charge in [-0.25, -0.2) is 0 Å². The van der Waals surface area contributed by atoms with Crippen LogP contribution in [0.15, 0.2) is 47.4 Å². The summed E-state index contributed by atoms with van der Waals surface area (Å²) >= 11 is 0. The summed E-state index contributed by atoms with van der Waals surface area (Å²) in [7, 11) is -4.01. The van der Waals surface area contributed by atoms with Crippen molar-refractivity contribution in [3.8, 4) is 0 Å². The Morgan fingerprint density at radius 2 is 1.74 bits per heavy atom. The van der Waals surface area contributed by atoms with Gasteiger partial charge in [-0.15, -0.1) is 0 Å². The molecular weight excluding hydrogens is 264 g/mol. The van der Waals surface area contributed by atoms with Crippen LogP contribution in [0.1, 0.15) is 12.8 Å². The highest BCUT2D eigenvalue weighted by molar-refractivity contribution is 7.87. The summed E-state index contributed by atoms with van der Waals surface area (Å²) in [5.41, 5.74) is 0. The predicted molar refractivity (Wildman–Crippen MR) is 69.9 cm³/mol. The lowest BCUT2D eigenvalue weighted by Crippen LogP contribution is -2.14. The summed E-state index contributed by atoms with van der Waals surface area (Å²) in [6, 6.07) is 12.1. The van der Waals surface area contributed by atoms with Gasteiger partial charge in [-0.1, -0.05) is 30.3 Å². The molecule has 98 valence electrons. The van der Waals surface area contributed by atoms with Gasteiger partial charge >= 0.3 is 16.1 Å². The van der Waals surface area contributed by atoms with Gasteiger partial charge in [0.1, 0.15) is 4.90 Å². The molecule has 0 atom stereocenters. The van der Waals surface area contributed by atoms with Crippen LogP contribution in [0.2, 0.25) is 0 Å². The van der Waals surface area contributed by atoms with Gasteiger partial charge in [-0.05, 0) is 35.7 Å². The van der Waals surface area contributed by atoms with Gasteiger partial charge < -0.3 is 4.18 Å². The highest BCUT2D eigenvalue weighted by atomic mass is 32.2. The summed E-state index contributed by atoms with van der Waals surface area (Å²) in [6.07, 6.45) is 1.43. The van der Waals surface area contributed by atoms with Crippen molar-refractivity contribution < 1.29 is 17.4 Å². The van der Waals surface area contributed by atoms with Gasteiger partial charge in [0.15, 0.2) is 0 Å². The minimum absolute atomic E-state index is 0.0141. The molecule has 0 spiro atoms. The lowest BCUT2D eigenvalue weighted by atomic mass is 10.1. The molecule has 1 aliphatic carbocycles. The van der Waals surface area contributed by atoms with E-state index in [1.54, 1.807) is 6.07 Å². The Kier molecular flexibility index (Phi) is 2.78. The molecule has 0 aliphatic heterocycles. The molecule has 1 aliphatic rings. The zero-order chi connectivity index (χ0) is 13.5. The number of rotatable bonds is 3. The smallest absolute Gasteiger partial charge is 0.341 e. The molecule has 0 heterocycles. The summed E-state index contributed by atoms with van der Waals surface area (Å²) in [4.78, 5) is 11.5. The van der Waals surface area contributed by atoms with Crippen molar-refractivity contribution in [2.24, 2.45) is 5.92 Å². The quantitative estimate of drug-likeness (QED) is 0.808.